The molecule has 1 atom stereocenters. The van der Waals surface area contributed by atoms with Crippen molar-refractivity contribution >= 4 is 29.3 Å². The van der Waals surface area contributed by atoms with E-state index >= 15 is 0 Å². The van der Waals surface area contributed by atoms with Gasteiger partial charge in [0.1, 0.15) is 6.10 Å². The van der Waals surface area contributed by atoms with Crippen molar-refractivity contribution in [3.8, 4) is 0 Å². The Balaban J connectivity index is 1.36. The molecule has 7 nitrogen and oxygen atoms in total. The van der Waals surface area contributed by atoms with Gasteiger partial charge in [-0.2, -0.15) is 0 Å². The molecule has 1 N–H and O–H groups in total. The van der Waals surface area contributed by atoms with Gasteiger partial charge in [0.15, 0.2) is 5.16 Å². The van der Waals surface area contributed by atoms with E-state index in [1.807, 2.05) is 23.1 Å². The molecular weight excluding hydrogens is 376 g/mol. The second-order valence-electron chi connectivity index (χ2n) is 6.86. The zero-order valence-corrected chi connectivity index (χ0v) is 16.3. The van der Waals surface area contributed by atoms with Gasteiger partial charge in [-0.15, -0.1) is 0 Å². The summed E-state index contributed by atoms with van der Waals surface area (Å²) in [5.41, 5.74) is 3.05. The monoisotopic (exact) mass is 398 g/mol. The third-order valence-corrected chi connectivity index (χ3v) is 5.79. The quantitative estimate of drug-likeness (QED) is 0.614. The fourth-order valence-corrected chi connectivity index (χ4v) is 4.14. The van der Waals surface area contributed by atoms with Gasteiger partial charge >= 0.3 is 0 Å². The lowest BCUT2D eigenvalue weighted by molar-refractivity contribution is -0.129. The first-order valence-electron chi connectivity index (χ1n) is 9.41. The number of anilines is 1. The van der Waals surface area contributed by atoms with Gasteiger partial charge in [0.05, 0.1) is 5.75 Å². The molecule has 146 valence electrons. The van der Waals surface area contributed by atoms with Crippen LogP contribution in [0.2, 0.25) is 0 Å². The highest BCUT2D eigenvalue weighted by Crippen LogP contribution is 2.24. The number of fused-ring (bicyclic) bond motifs is 1. The highest BCUT2D eigenvalue weighted by Gasteiger charge is 2.25. The van der Waals surface area contributed by atoms with Gasteiger partial charge in [-0.1, -0.05) is 17.8 Å². The molecule has 2 aromatic rings. The van der Waals surface area contributed by atoms with Gasteiger partial charge in [0.2, 0.25) is 5.91 Å². The molecule has 2 aliphatic heterocycles. The number of benzene rings is 1. The number of carbonyl (C=O) groups is 2. The molecule has 0 saturated carbocycles. The molecule has 2 amide bonds. The van der Waals surface area contributed by atoms with E-state index in [1.54, 1.807) is 18.5 Å². The first-order chi connectivity index (χ1) is 13.7. The van der Waals surface area contributed by atoms with E-state index < -0.39 is 0 Å². The summed E-state index contributed by atoms with van der Waals surface area (Å²) in [7, 11) is 0. The Morgan fingerprint density at radius 3 is 2.89 bits per heavy atom. The van der Waals surface area contributed by atoms with E-state index in [9.17, 15) is 9.59 Å². The lowest BCUT2D eigenvalue weighted by Gasteiger charge is -2.29. The van der Waals surface area contributed by atoms with Crippen molar-refractivity contribution in [1.82, 2.24) is 14.9 Å². The van der Waals surface area contributed by atoms with E-state index in [4.69, 9.17) is 4.74 Å². The summed E-state index contributed by atoms with van der Waals surface area (Å²) in [4.78, 5) is 35.0. The summed E-state index contributed by atoms with van der Waals surface area (Å²) in [6.07, 6.45) is 5.49. The molecule has 2 aliphatic rings. The first-order valence-corrected chi connectivity index (χ1v) is 10.4. The van der Waals surface area contributed by atoms with E-state index in [0.29, 0.717) is 30.6 Å². The van der Waals surface area contributed by atoms with E-state index in [2.05, 4.69) is 15.3 Å². The Morgan fingerprint density at radius 1 is 1.25 bits per heavy atom. The van der Waals surface area contributed by atoms with Gasteiger partial charge in [-0.3, -0.25) is 9.59 Å². The average Bonchev–Trinajstić information content (AvgIpc) is 3.27. The van der Waals surface area contributed by atoms with Gasteiger partial charge in [0, 0.05) is 37.8 Å². The molecule has 3 heterocycles. The lowest BCUT2D eigenvalue weighted by atomic mass is 9.99. The van der Waals surface area contributed by atoms with Crippen LogP contribution < -0.4 is 5.32 Å². The Hall–Kier alpha value is -2.45. The minimum atomic E-state index is -0.355. The minimum absolute atomic E-state index is 0.0666. The predicted octanol–water partition coefficient (Wildman–Crippen LogP) is 2.27. The second-order valence-corrected chi connectivity index (χ2v) is 7.80. The second kappa shape index (κ2) is 8.70. The highest BCUT2D eigenvalue weighted by molar-refractivity contribution is 7.99. The normalized spacial score (nSPS) is 18.6. The number of carbonyl (C=O) groups excluding carboxylic acids is 2. The first kappa shape index (κ1) is 18.9. The third kappa shape index (κ3) is 4.51. The largest absolute Gasteiger partial charge is 0.368 e. The number of nitrogens with zero attached hydrogens (tertiary/aromatic N) is 3. The maximum Gasteiger partial charge on any atom is 0.253 e. The van der Waals surface area contributed by atoms with Crippen LogP contribution in [0.15, 0.2) is 41.8 Å². The van der Waals surface area contributed by atoms with Crippen molar-refractivity contribution in [3.63, 3.8) is 0 Å². The number of rotatable bonds is 5. The zero-order chi connectivity index (χ0) is 19.3. The van der Waals surface area contributed by atoms with Crippen molar-refractivity contribution in [2.24, 2.45) is 0 Å². The highest BCUT2D eigenvalue weighted by atomic mass is 32.2. The predicted molar refractivity (Wildman–Crippen MR) is 106 cm³/mol. The Bertz CT molecular complexity index is 856. The lowest BCUT2D eigenvalue weighted by Crippen LogP contribution is -2.37. The summed E-state index contributed by atoms with van der Waals surface area (Å²) >= 11 is 1.34. The number of hydrogen-bond acceptors (Lipinski definition) is 6. The molecular formula is C20H22N4O3S. The average molecular weight is 398 g/mol. The van der Waals surface area contributed by atoms with Crippen LogP contribution in [-0.4, -0.2) is 51.7 Å². The maximum absolute atomic E-state index is 12.6. The fourth-order valence-electron chi connectivity index (χ4n) is 3.43. The molecule has 0 aliphatic carbocycles. The summed E-state index contributed by atoms with van der Waals surface area (Å²) in [5, 5.41) is 3.54. The van der Waals surface area contributed by atoms with Crippen LogP contribution in [0.4, 0.5) is 5.69 Å². The molecule has 0 bridgehead atoms. The molecule has 1 aromatic heterocycles. The number of thioether (sulfide) groups is 1. The number of aromatic nitrogens is 2. The van der Waals surface area contributed by atoms with E-state index in [1.165, 1.54) is 17.3 Å². The van der Waals surface area contributed by atoms with Crippen LogP contribution in [0, 0.1) is 0 Å². The van der Waals surface area contributed by atoms with Crippen molar-refractivity contribution in [2.45, 2.75) is 37.1 Å². The summed E-state index contributed by atoms with van der Waals surface area (Å²) in [6.45, 7) is 1.89. The van der Waals surface area contributed by atoms with Gasteiger partial charge in [-0.05, 0) is 48.6 Å². The van der Waals surface area contributed by atoms with Crippen LogP contribution in [0.25, 0.3) is 0 Å². The number of hydrogen-bond donors (Lipinski definition) is 1. The van der Waals surface area contributed by atoms with Crippen LogP contribution in [0.3, 0.4) is 0 Å². The van der Waals surface area contributed by atoms with Crippen LogP contribution in [0.1, 0.15) is 24.0 Å². The van der Waals surface area contributed by atoms with Crippen LogP contribution >= 0.6 is 11.8 Å². The minimum Gasteiger partial charge on any atom is -0.368 e. The Morgan fingerprint density at radius 2 is 2.11 bits per heavy atom. The molecule has 0 radical (unpaired) electrons. The van der Waals surface area contributed by atoms with Crippen molar-refractivity contribution in [1.29, 1.82) is 0 Å². The standard InChI is InChI=1S/C20H22N4O3S/c25-18(13-28-20-21-7-2-8-22-20)24-9-6-14-4-5-16(11-15(14)12-24)23-19(26)17-3-1-10-27-17/h2,4-5,7-8,11,17H,1,3,6,9-10,12-13H2,(H,23,26). The zero-order valence-electron chi connectivity index (χ0n) is 15.5. The van der Waals surface area contributed by atoms with Crippen molar-refractivity contribution < 1.29 is 14.3 Å². The third-order valence-electron chi connectivity index (χ3n) is 4.93. The van der Waals surface area contributed by atoms with Crippen molar-refractivity contribution in [2.75, 3.05) is 24.2 Å². The molecule has 28 heavy (non-hydrogen) atoms. The molecule has 1 aromatic carbocycles. The summed E-state index contributed by atoms with van der Waals surface area (Å²) in [5.74, 6) is 0.284. The summed E-state index contributed by atoms with van der Waals surface area (Å²) in [6, 6.07) is 7.68. The number of nitrogens with one attached hydrogen (secondary N) is 1. The van der Waals surface area contributed by atoms with Gasteiger partial charge in [0.25, 0.3) is 5.91 Å². The smallest absolute Gasteiger partial charge is 0.253 e. The molecule has 1 fully saturated rings. The molecule has 8 heteroatoms. The molecule has 1 unspecified atom stereocenters. The van der Waals surface area contributed by atoms with Crippen LogP contribution in [-0.2, 0) is 27.3 Å². The van der Waals surface area contributed by atoms with E-state index in [0.717, 1.165) is 30.5 Å². The van der Waals surface area contributed by atoms with E-state index in [-0.39, 0.29) is 17.9 Å². The van der Waals surface area contributed by atoms with Crippen LogP contribution in [0.5, 0.6) is 0 Å². The fraction of sp³-hybridized carbons (Fsp3) is 0.400. The maximum atomic E-state index is 12.6. The number of ether oxygens (including phenoxy) is 1. The topological polar surface area (TPSA) is 84.4 Å². The van der Waals surface area contributed by atoms with Gasteiger partial charge in [-0.25, -0.2) is 9.97 Å². The summed E-state index contributed by atoms with van der Waals surface area (Å²) < 4.78 is 5.43. The van der Waals surface area contributed by atoms with Gasteiger partial charge < -0.3 is 15.0 Å². The molecule has 0 spiro atoms. The molecule has 1 saturated heterocycles. The molecule has 4 rings (SSSR count). The number of amides is 2. The Kier molecular flexibility index (Phi) is 5.87. The Labute approximate surface area is 167 Å². The van der Waals surface area contributed by atoms with Crippen molar-refractivity contribution in [3.05, 3.63) is 47.8 Å². The SMILES string of the molecule is O=C(Nc1ccc2c(c1)CN(C(=O)CSc1ncccn1)CC2)C1CCCO1.